The summed E-state index contributed by atoms with van der Waals surface area (Å²) in [6.45, 7) is -0.425. The topological polar surface area (TPSA) is 103 Å². The van der Waals surface area contributed by atoms with Crippen molar-refractivity contribution in [2.24, 2.45) is 0 Å². The number of rotatable bonds is 6. The smallest absolute Gasteiger partial charge is 0.243 e. The Hall–Kier alpha value is -3.13. The highest BCUT2D eigenvalue weighted by molar-refractivity contribution is 7.89. The molecule has 1 heterocycles. The molecule has 0 atom stereocenters. The van der Waals surface area contributed by atoms with Gasteiger partial charge in [-0.3, -0.25) is 4.79 Å². The number of hydrogen-bond donors (Lipinski definition) is 1. The molecule has 3 aromatic rings. The number of aromatic nitrogens is 1. The molecule has 1 N–H and O–H groups in total. The highest BCUT2D eigenvalue weighted by Gasteiger charge is 2.23. The van der Waals surface area contributed by atoms with Crippen molar-refractivity contribution in [1.82, 2.24) is 9.29 Å². The lowest BCUT2D eigenvalue weighted by Crippen LogP contribution is -2.34. The van der Waals surface area contributed by atoms with Crippen LogP contribution in [0.5, 0.6) is 0 Å². The Labute approximate surface area is 171 Å². The number of halogens is 1. The van der Waals surface area contributed by atoms with E-state index in [1.807, 2.05) is 6.07 Å². The first-order chi connectivity index (χ1) is 13.8. The summed E-state index contributed by atoms with van der Waals surface area (Å²) in [5.41, 5.74) is 1.95. The van der Waals surface area contributed by atoms with Gasteiger partial charge in [-0.15, -0.1) is 11.3 Å². The molecule has 0 fully saturated rings. The van der Waals surface area contributed by atoms with Crippen molar-refractivity contribution >= 4 is 32.4 Å². The highest BCUT2D eigenvalue weighted by atomic mass is 32.2. The van der Waals surface area contributed by atoms with E-state index in [-0.39, 0.29) is 4.90 Å². The molecule has 0 spiro atoms. The van der Waals surface area contributed by atoms with Gasteiger partial charge in [-0.1, -0.05) is 12.1 Å². The fourth-order valence-electron chi connectivity index (χ4n) is 2.41. The van der Waals surface area contributed by atoms with E-state index in [1.54, 1.807) is 29.6 Å². The monoisotopic (exact) mass is 430 g/mol. The van der Waals surface area contributed by atoms with E-state index in [4.69, 9.17) is 5.26 Å². The van der Waals surface area contributed by atoms with Gasteiger partial charge in [0.15, 0.2) is 5.13 Å². The van der Waals surface area contributed by atoms with E-state index < -0.39 is 28.3 Å². The molecular formula is C19H15FN4O3S2. The molecule has 0 aliphatic rings. The summed E-state index contributed by atoms with van der Waals surface area (Å²) in [6, 6.07) is 13.2. The first-order valence-electron chi connectivity index (χ1n) is 8.27. The summed E-state index contributed by atoms with van der Waals surface area (Å²) < 4.78 is 38.8. The first kappa shape index (κ1) is 20.6. The van der Waals surface area contributed by atoms with E-state index >= 15 is 0 Å². The van der Waals surface area contributed by atoms with Crippen LogP contribution in [-0.2, 0) is 14.8 Å². The molecule has 10 heteroatoms. The number of likely N-dealkylation sites (N-methyl/N-ethyl adjacent to an activating group) is 1. The number of carbonyl (C=O) groups is 1. The lowest BCUT2D eigenvalue weighted by molar-refractivity contribution is -0.116. The second kappa shape index (κ2) is 8.48. The summed E-state index contributed by atoms with van der Waals surface area (Å²) in [5, 5.41) is 13.5. The number of benzene rings is 2. The second-order valence-electron chi connectivity index (χ2n) is 5.99. The van der Waals surface area contributed by atoms with Gasteiger partial charge in [0.1, 0.15) is 5.82 Å². The highest BCUT2D eigenvalue weighted by Crippen LogP contribution is 2.25. The van der Waals surface area contributed by atoms with Crippen molar-refractivity contribution in [3.63, 3.8) is 0 Å². The van der Waals surface area contributed by atoms with Crippen LogP contribution < -0.4 is 5.32 Å². The van der Waals surface area contributed by atoms with Crippen LogP contribution in [-0.4, -0.2) is 37.2 Å². The van der Waals surface area contributed by atoms with Gasteiger partial charge in [-0.25, -0.2) is 17.8 Å². The van der Waals surface area contributed by atoms with Crippen LogP contribution in [0, 0.1) is 17.1 Å². The van der Waals surface area contributed by atoms with E-state index in [0.717, 1.165) is 34.1 Å². The molecule has 0 aliphatic carbocycles. The molecule has 3 rings (SSSR count). The molecule has 0 saturated carbocycles. The van der Waals surface area contributed by atoms with E-state index in [2.05, 4.69) is 10.3 Å². The van der Waals surface area contributed by atoms with Crippen molar-refractivity contribution in [2.75, 3.05) is 18.9 Å². The molecule has 1 amide bonds. The predicted molar refractivity (Wildman–Crippen MR) is 107 cm³/mol. The number of nitrogens with one attached hydrogen (secondary N) is 1. The van der Waals surface area contributed by atoms with E-state index in [9.17, 15) is 17.6 Å². The minimum absolute atomic E-state index is 0.105. The van der Waals surface area contributed by atoms with Gasteiger partial charge in [0, 0.05) is 18.0 Å². The maximum atomic E-state index is 13.0. The molecule has 1 aromatic heterocycles. The first-order valence-corrected chi connectivity index (χ1v) is 10.6. The SMILES string of the molecule is CN(CC(=O)Nc1nc(-c2ccc(C#N)cc2)cs1)S(=O)(=O)c1ccc(F)cc1. The van der Waals surface area contributed by atoms with Crippen molar-refractivity contribution in [3.8, 4) is 17.3 Å². The van der Waals surface area contributed by atoms with Crippen LogP contribution in [0.1, 0.15) is 5.56 Å². The molecular weight excluding hydrogens is 415 g/mol. The van der Waals surface area contributed by atoms with Gasteiger partial charge in [-0.2, -0.15) is 9.57 Å². The van der Waals surface area contributed by atoms with Crippen LogP contribution in [0.2, 0.25) is 0 Å². The number of nitriles is 1. The Balaban J connectivity index is 1.65. The average molecular weight is 430 g/mol. The van der Waals surface area contributed by atoms with E-state index in [0.29, 0.717) is 16.4 Å². The maximum Gasteiger partial charge on any atom is 0.243 e. The van der Waals surface area contributed by atoms with Crippen molar-refractivity contribution in [3.05, 3.63) is 65.3 Å². The molecule has 29 heavy (non-hydrogen) atoms. The van der Waals surface area contributed by atoms with Crippen LogP contribution >= 0.6 is 11.3 Å². The van der Waals surface area contributed by atoms with Gasteiger partial charge in [0.05, 0.1) is 28.8 Å². The predicted octanol–water partition coefficient (Wildman–Crippen LogP) is 3.08. The average Bonchev–Trinajstić information content (AvgIpc) is 3.16. The van der Waals surface area contributed by atoms with Crippen LogP contribution in [0.4, 0.5) is 9.52 Å². The number of thiazole rings is 1. The number of amides is 1. The Kier molecular flexibility index (Phi) is 6.03. The summed E-state index contributed by atoms with van der Waals surface area (Å²) in [5.74, 6) is -1.11. The third kappa shape index (κ3) is 4.83. The van der Waals surface area contributed by atoms with Crippen molar-refractivity contribution in [1.29, 1.82) is 5.26 Å². The Morgan fingerprint density at radius 3 is 2.48 bits per heavy atom. The molecule has 0 bridgehead atoms. The summed E-state index contributed by atoms with van der Waals surface area (Å²) >= 11 is 1.20. The van der Waals surface area contributed by atoms with Gasteiger partial charge >= 0.3 is 0 Å². The molecule has 148 valence electrons. The summed E-state index contributed by atoms with van der Waals surface area (Å²) in [6.07, 6.45) is 0. The van der Waals surface area contributed by atoms with Gasteiger partial charge in [-0.05, 0) is 36.4 Å². The molecule has 0 aliphatic heterocycles. The molecule has 7 nitrogen and oxygen atoms in total. The standard InChI is InChI=1S/C19H15FN4O3S2/c1-24(29(26,27)16-8-6-15(20)7-9-16)11-18(25)23-19-22-17(12-28-19)14-4-2-13(10-21)3-5-14/h2-9,12H,11H2,1H3,(H,22,23,25). The van der Waals surface area contributed by atoms with Gasteiger partial charge < -0.3 is 5.32 Å². The number of sulfonamides is 1. The normalized spacial score (nSPS) is 11.2. The Morgan fingerprint density at radius 1 is 1.21 bits per heavy atom. The minimum Gasteiger partial charge on any atom is -0.301 e. The fourth-order valence-corrected chi connectivity index (χ4v) is 4.27. The lowest BCUT2D eigenvalue weighted by atomic mass is 10.1. The lowest BCUT2D eigenvalue weighted by Gasteiger charge is -2.16. The zero-order valence-electron chi connectivity index (χ0n) is 15.2. The molecule has 0 saturated heterocycles. The van der Waals surface area contributed by atoms with Crippen LogP contribution in [0.3, 0.4) is 0 Å². The van der Waals surface area contributed by atoms with Gasteiger partial charge in [0.2, 0.25) is 15.9 Å². The third-order valence-corrected chi connectivity index (χ3v) is 6.52. The second-order valence-corrected chi connectivity index (χ2v) is 8.89. The van der Waals surface area contributed by atoms with Crippen molar-refractivity contribution < 1.29 is 17.6 Å². The number of nitrogens with zero attached hydrogens (tertiary/aromatic N) is 3. The zero-order valence-corrected chi connectivity index (χ0v) is 16.8. The van der Waals surface area contributed by atoms with Crippen molar-refractivity contribution in [2.45, 2.75) is 4.90 Å². The maximum absolute atomic E-state index is 13.0. The quantitative estimate of drug-likeness (QED) is 0.647. The largest absolute Gasteiger partial charge is 0.301 e. The Morgan fingerprint density at radius 2 is 1.86 bits per heavy atom. The molecule has 0 radical (unpaired) electrons. The van der Waals surface area contributed by atoms with Gasteiger partial charge in [0.25, 0.3) is 0 Å². The summed E-state index contributed by atoms with van der Waals surface area (Å²) in [7, 11) is -2.66. The van der Waals surface area contributed by atoms with Crippen LogP contribution in [0.15, 0.2) is 58.8 Å². The molecule has 0 unspecified atom stereocenters. The van der Waals surface area contributed by atoms with Crippen LogP contribution in [0.25, 0.3) is 11.3 Å². The number of anilines is 1. The fraction of sp³-hybridized carbons (Fsp3) is 0.105. The zero-order chi connectivity index (χ0) is 21.0. The third-order valence-electron chi connectivity index (χ3n) is 3.95. The number of carbonyl (C=O) groups excluding carboxylic acids is 1. The number of hydrogen-bond acceptors (Lipinski definition) is 6. The Bertz CT molecular complexity index is 1170. The molecule has 2 aromatic carbocycles. The minimum atomic E-state index is -3.93. The summed E-state index contributed by atoms with van der Waals surface area (Å²) in [4.78, 5) is 16.4. The van der Waals surface area contributed by atoms with E-state index in [1.165, 1.54) is 18.4 Å².